The molecule has 134 valence electrons. The smallest absolute Gasteiger partial charge is 0.261 e. The minimum absolute atomic E-state index is 0.0994. The zero-order chi connectivity index (χ0) is 18.8. The van der Waals surface area contributed by atoms with Crippen molar-refractivity contribution in [3.8, 4) is 0 Å². The number of nitrogens with one attached hydrogen (secondary N) is 1. The Kier molecular flexibility index (Phi) is 5.58. The molecule has 7 heteroatoms. The second kappa shape index (κ2) is 7.72. The van der Waals surface area contributed by atoms with Gasteiger partial charge in [-0.3, -0.25) is 14.2 Å². The van der Waals surface area contributed by atoms with E-state index in [2.05, 4.69) is 56.0 Å². The second-order valence-corrected chi connectivity index (χ2v) is 8.06. The zero-order valence-corrected chi connectivity index (χ0v) is 17.5. The number of hydrogen-bond donors (Lipinski definition) is 1. The Morgan fingerprint density at radius 1 is 1.23 bits per heavy atom. The number of hydrogen-bond acceptors (Lipinski definition) is 3. The summed E-state index contributed by atoms with van der Waals surface area (Å²) in [4.78, 5) is 29.3. The fraction of sp³-hybridized carbons (Fsp3) is 0.211. The topological polar surface area (TPSA) is 64.0 Å². The van der Waals surface area contributed by atoms with E-state index in [-0.39, 0.29) is 18.0 Å². The first-order valence-electron chi connectivity index (χ1n) is 8.09. The molecule has 0 radical (unpaired) electrons. The molecular weight excluding hydrogens is 462 g/mol. The van der Waals surface area contributed by atoms with Gasteiger partial charge in [0, 0.05) is 14.6 Å². The quantitative estimate of drug-likeness (QED) is 0.591. The number of fused-ring (bicyclic) bond motifs is 1. The Labute approximate surface area is 167 Å². The van der Waals surface area contributed by atoms with E-state index in [9.17, 15) is 9.59 Å². The summed E-state index contributed by atoms with van der Waals surface area (Å²) in [5, 5.41) is 3.29. The van der Waals surface area contributed by atoms with Crippen LogP contribution in [-0.2, 0) is 11.3 Å². The third-order valence-electron chi connectivity index (χ3n) is 4.00. The third-order valence-corrected chi connectivity index (χ3v) is 5.06. The lowest BCUT2D eigenvalue weighted by Gasteiger charge is -2.11. The van der Waals surface area contributed by atoms with Crippen LogP contribution < -0.4 is 10.9 Å². The van der Waals surface area contributed by atoms with Gasteiger partial charge in [0.1, 0.15) is 6.54 Å². The SMILES string of the molecule is CC(C)c1cccc(NC(=O)Cn2cnc3c(Br)cc(Br)cc3c2=O)c1. The van der Waals surface area contributed by atoms with Gasteiger partial charge in [-0.1, -0.05) is 41.9 Å². The summed E-state index contributed by atoms with van der Waals surface area (Å²) >= 11 is 6.77. The Hall–Kier alpha value is -1.99. The van der Waals surface area contributed by atoms with Crippen LogP contribution in [0.3, 0.4) is 0 Å². The first-order valence-corrected chi connectivity index (χ1v) is 9.68. The summed E-state index contributed by atoms with van der Waals surface area (Å²) in [5.41, 5.74) is 2.16. The minimum Gasteiger partial charge on any atom is -0.325 e. The summed E-state index contributed by atoms with van der Waals surface area (Å²) < 4.78 is 2.80. The lowest BCUT2D eigenvalue weighted by Crippen LogP contribution is -2.28. The average molecular weight is 479 g/mol. The Bertz CT molecular complexity index is 1040. The number of anilines is 1. The second-order valence-electron chi connectivity index (χ2n) is 6.29. The van der Waals surface area contributed by atoms with Crippen LogP contribution in [0.4, 0.5) is 5.69 Å². The Morgan fingerprint density at radius 2 is 2.00 bits per heavy atom. The Morgan fingerprint density at radius 3 is 2.73 bits per heavy atom. The highest BCUT2D eigenvalue weighted by atomic mass is 79.9. The molecule has 3 rings (SSSR count). The molecule has 26 heavy (non-hydrogen) atoms. The summed E-state index contributed by atoms with van der Waals surface area (Å²) in [5.74, 6) is 0.0965. The molecule has 2 aromatic carbocycles. The summed E-state index contributed by atoms with van der Waals surface area (Å²) in [6.07, 6.45) is 1.40. The number of rotatable bonds is 4. The van der Waals surface area contributed by atoms with Crippen molar-refractivity contribution in [2.24, 2.45) is 0 Å². The van der Waals surface area contributed by atoms with Crippen LogP contribution in [0.1, 0.15) is 25.3 Å². The maximum atomic E-state index is 12.7. The van der Waals surface area contributed by atoms with Crippen molar-refractivity contribution in [3.63, 3.8) is 0 Å². The maximum Gasteiger partial charge on any atom is 0.261 e. The van der Waals surface area contributed by atoms with E-state index >= 15 is 0 Å². The predicted octanol–water partition coefficient (Wildman–Crippen LogP) is 4.68. The van der Waals surface area contributed by atoms with Gasteiger partial charge < -0.3 is 5.32 Å². The van der Waals surface area contributed by atoms with Crippen LogP contribution in [0.25, 0.3) is 10.9 Å². The lowest BCUT2D eigenvalue weighted by molar-refractivity contribution is -0.116. The molecule has 0 spiro atoms. The number of nitrogens with zero attached hydrogens (tertiary/aromatic N) is 2. The molecule has 0 aliphatic carbocycles. The number of benzene rings is 2. The molecule has 5 nitrogen and oxygen atoms in total. The summed E-state index contributed by atoms with van der Waals surface area (Å²) in [6, 6.07) is 11.2. The van der Waals surface area contributed by atoms with Crippen molar-refractivity contribution in [3.05, 3.63) is 67.6 Å². The van der Waals surface area contributed by atoms with Crippen LogP contribution in [0, 0.1) is 0 Å². The molecule has 1 N–H and O–H groups in total. The van der Waals surface area contributed by atoms with E-state index < -0.39 is 0 Å². The zero-order valence-electron chi connectivity index (χ0n) is 14.3. The first-order chi connectivity index (χ1) is 12.3. The lowest BCUT2D eigenvalue weighted by atomic mass is 10.0. The first kappa shape index (κ1) is 18.8. The van der Waals surface area contributed by atoms with Crippen LogP contribution >= 0.6 is 31.9 Å². The van der Waals surface area contributed by atoms with E-state index in [1.165, 1.54) is 10.9 Å². The van der Waals surface area contributed by atoms with E-state index in [1.54, 1.807) is 6.07 Å². The molecule has 0 saturated heterocycles. The van der Waals surface area contributed by atoms with Crippen molar-refractivity contribution in [2.75, 3.05) is 5.32 Å². The van der Waals surface area contributed by atoms with Crippen LogP contribution in [0.2, 0.25) is 0 Å². The Balaban J connectivity index is 1.85. The van der Waals surface area contributed by atoms with Gasteiger partial charge in [-0.05, 0) is 51.7 Å². The van der Waals surface area contributed by atoms with E-state index in [0.717, 1.165) is 14.5 Å². The van der Waals surface area contributed by atoms with Gasteiger partial charge in [0.05, 0.1) is 17.2 Å². The van der Waals surface area contributed by atoms with Crippen LogP contribution in [0.15, 0.2) is 56.5 Å². The molecular formula is C19H17Br2N3O2. The molecule has 3 aromatic rings. The number of aromatic nitrogens is 2. The van der Waals surface area contributed by atoms with Crippen LogP contribution in [0.5, 0.6) is 0 Å². The molecule has 0 aliphatic heterocycles. The molecule has 0 aliphatic rings. The van der Waals surface area contributed by atoms with E-state index in [4.69, 9.17) is 0 Å². The summed E-state index contributed by atoms with van der Waals surface area (Å²) in [7, 11) is 0. The molecule has 0 saturated carbocycles. The fourth-order valence-electron chi connectivity index (χ4n) is 2.64. The van der Waals surface area contributed by atoms with Crippen molar-refractivity contribution in [1.82, 2.24) is 9.55 Å². The van der Waals surface area contributed by atoms with Crippen molar-refractivity contribution >= 4 is 54.4 Å². The highest BCUT2D eigenvalue weighted by molar-refractivity contribution is 9.11. The van der Waals surface area contributed by atoms with Gasteiger partial charge in [0.15, 0.2) is 0 Å². The molecule has 1 amide bonds. The molecule has 0 unspecified atom stereocenters. The molecule has 1 heterocycles. The highest BCUT2D eigenvalue weighted by Gasteiger charge is 2.11. The monoisotopic (exact) mass is 477 g/mol. The van der Waals surface area contributed by atoms with E-state index in [1.807, 2.05) is 30.3 Å². The summed E-state index contributed by atoms with van der Waals surface area (Å²) in [6.45, 7) is 4.09. The van der Waals surface area contributed by atoms with Gasteiger partial charge in [-0.15, -0.1) is 0 Å². The molecule has 0 bridgehead atoms. The maximum absolute atomic E-state index is 12.7. The van der Waals surface area contributed by atoms with Gasteiger partial charge in [-0.2, -0.15) is 0 Å². The average Bonchev–Trinajstić information content (AvgIpc) is 2.58. The van der Waals surface area contributed by atoms with Gasteiger partial charge in [-0.25, -0.2) is 4.98 Å². The van der Waals surface area contributed by atoms with Crippen molar-refractivity contribution in [2.45, 2.75) is 26.3 Å². The van der Waals surface area contributed by atoms with Gasteiger partial charge >= 0.3 is 0 Å². The van der Waals surface area contributed by atoms with Crippen molar-refractivity contribution in [1.29, 1.82) is 0 Å². The fourth-order valence-corrected chi connectivity index (χ4v) is 3.97. The molecule has 1 aromatic heterocycles. The number of halogens is 2. The van der Waals surface area contributed by atoms with Gasteiger partial charge in [0.2, 0.25) is 5.91 Å². The molecule has 0 fully saturated rings. The minimum atomic E-state index is -0.275. The largest absolute Gasteiger partial charge is 0.325 e. The van der Waals surface area contributed by atoms with E-state index in [0.29, 0.717) is 22.5 Å². The predicted molar refractivity (Wildman–Crippen MR) is 111 cm³/mol. The number of carbonyl (C=O) groups excluding carboxylic acids is 1. The highest BCUT2D eigenvalue weighted by Crippen LogP contribution is 2.24. The number of carbonyl (C=O) groups is 1. The van der Waals surface area contributed by atoms with Gasteiger partial charge in [0.25, 0.3) is 5.56 Å². The van der Waals surface area contributed by atoms with Crippen LogP contribution in [-0.4, -0.2) is 15.5 Å². The molecule has 0 atom stereocenters. The standard InChI is InChI=1S/C19H17Br2N3O2/c1-11(2)12-4-3-5-14(6-12)23-17(25)9-24-10-22-18-15(19(24)26)7-13(20)8-16(18)21/h3-8,10-11H,9H2,1-2H3,(H,23,25). The normalized spacial score (nSPS) is 11.1. The number of amides is 1. The van der Waals surface area contributed by atoms with Crippen molar-refractivity contribution < 1.29 is 4.79 Å². The third kappa shape index (κ3) is 4.04.